The molecule has 2 heterocycles. The van der Waals surface area contributed by atoms with Crippen molar-refractivity contribution in [1.82, 2.24) is 14.5 Å². The molecule has 1 fully saturated rings. The fraction of sp³-hybridized carbons (Fsp3) is 0.318. The van der Waals surface area contributed by atoms with Crippen LogP contribution in [0.3, 0.4) is 0 Å². The molecule has 1 saturated heterocycles. The fourth-order valence-electron chi connectivity index (χ4n) is 3.53. The Morgan fingerprint density at radius 3 is 2.44 bits per heavy atom. The number of methoxy groups -OCH3 is 1. The van der Waals surface area contributed by atoms with Crippen LogP contribution >= 0.6 is 0 Å². The Kier molecular flexibility index (Phi) is 6.52. The average Bonchev–Trinajstić information content (AvgIpc) is 3.10. The summed E-state index contributed by atoms with van der Waals surface area (Å²) in [4.78, 5) is 12.7. The molecule has 1 aliphatic heterocycles. The van der Waals surface area contributed by atoms with Crippen LogP contribution in [-0.4, -0.2) is 49.0 Å². The van der Waals surface area contributed by atoms with Crippen LogP contribution < -0.4 is 10.1 Å². The number of sulfonamides is 1. The second-order valence-corrected chi connectivity index (χ2v) is 9.38. The Morgan fingerprint density at radius 1 is 1.03 bits per heavy atom. The highest BCUT2D eigenvalue weighted by atomic mass is 32.2. The zero-order valence-electron chi connectivity index (χ0n) is 17.7. The SMILES string of the molecule is COc1cccc(-c2nnc(NC(=O)c3ccc(S(=O)(=O)N4CCCCCC4)cc3)o2)c1. The molecule has 0 saturated carbocycles. The van der Waals surface area contributed by atoms with Gasteiger partial charge in [0.05, 0.1) is 12.0 Å². The molecule has 32 heavy (non-hydrogen) atoms. The molecule has 4 rings (SSSR count). The van der Waals surface area contributed by atoms with E-state index in [-0.39, 0.29) is 22.4 Å². The lowest BCUT2D eigenvalue weighted by Gasteiger charge is -2.19. The second-order valence-electron chi connectivity index (χ2n) is 7.44. The molecule has 2 aromatic carbocycles. The van der Waals surface area contributed by atoms with E-state index in [0.29, 0.717) is 24.4 Å². The van der Waals surface area contributed by atoms with Gasteiger partial charge in [-0.3, -0.25) is 10.1 Å². The Morgan fingerprint density at radius 2 is 1.75 bits per heavy atom. The molecule has 0 aliphatic carbocycles. The first-order valence-electron chi connectivity index (χ1n) is 10.4. The molecule has 0 unspecified atom stereocenters. The van der Waals surface area contributed by atoms with Gasteiger partial charge in [-0.2, -0.15) is 4.31 Å². The van der Waals surface area contributed by atoms with Gasteiger partial charge in [0.15, 0.2) is 0 Å². The first-order valence-corrected chi connectivity index (χ1v) is 11.8. The lowest BCUT2D eigenvalue weighted by molar-refractivity contribution is 0.102. The number of hydrogen-bond donors (Lipinski definition) is 1. The van der Waals surface area contributed by atoms with Gasteiger partial charge in [-0.1, -0.05) is 24.0 Å². The van der Waals surface area contributed by atoms with Gasteiger partial charge in [-0.25, -0.2) is 8.42 Å². The van der Waals surface area contributed by atoms with E-state index in [1.807, 2.05) is 0 Å². The number of carbonyl (C=O) groups excluding carboxylic acids is 1. The number of carbonyl (C=O) groups is 1. The number of hydrogen-bond acceptors (Lipinski definition) is 7. The molecule has 3 aromatic rings. The average molecular weight is 457 g/mol. The quantitative estimate of drug-likeness (QED) is 0.603. The van der Waals surface area contributed by atoms with Crippen molar-refractivity contribution in [1.29, 1.82) is 0 Å². The van der Waals surface area contributed by atoms with E-state index in [1.54, 1.807) is 31.4 Å². The number of rotatable bonds is 6. The fourth-order valence-corrected chi connectivity index (χ4v) is 5.04. The van der Waals surface area contributed by atoms with Crippen LogP contribution in [0.15, 0.2) is 57.8 Å². The van der Waals surface area contributed by atoms with E-state index in [9.17, 15) is 13.2 Å². The van der Waals surface area contributed by atoms with E-state index in [1.165, 1.54) is 28.6 Å². The summed E-state index contributed by atoms with van der Waals surface area (Å²) in [5, 5.41) is 10.3. The van der Waals surface area contributed by atoms with E-state index in [4.69, 9.17) is 9.15 Å². The molecule has 1 N–H and O–H groups in total. The standard InChI is InChI=1S/C22H24N4O5S/c1-30-18-8-6-7-17(15-18)21-24-25-22(31-21)23-20(27)16-9-11-19(12-10-16)32(28,29)26-13-4-2-3-5-14-26/h6-12,15H,2-5,13-14H2,1H3,(H,23,25,27). The van der Waals surface area contributed by atoms with E-state index < -0.39 is 15.9 Å². The van der Waals surface area contributed by atoms with Crippen molar-refractivity contribution >= 4 is 21.9 Å². The Balaban J connectivity index is 1.45. The molecule has 0 atom stereocenters. The predicted molar refractivity (Wildman–Crippen MR) is 118 cm³/mol. The first-order chi connectivity index (χ1) is 15.5. The molecule has 10 heteroatoms. The number of benzene rings is 2. The molecule has 1 aliphatic rings. The van der Waals surface area contributed by atoms with Gasteiger partial charge in [0.1, 0.15) is 5.75 Å². The third kappa shape index (κ3) is 4.81. The predicted octanol–water partition coefficient (Wildman–Crippen LogP) is 3.56. The van der Waals surface area contributed by atoms with E-state index in [0.717, 1.165) is 25.7 Å². The maximum absolute atomic E-state index is 12.9. The summed E-state index contributed by atoms with van der Waals surface area (Å²) in [7, 11) is -2.01. The van der Waals surface area contributed by atoms with Crippen molar-refractivity contribution in [2.75, 3.05) is 25.5 Å². The number of anilines is 1. The van der Waals surface area contributed by atoms with Crippen molar-refractivity contribution < 1.29 is 22.4 Å². The lowest BCUT2D eigenvalue weighted by atomic mass is 10.2. The second kappa shape index (κ2) is 9.49. The highest BCUT2D eigenvalue weighted by Gasteiger charge is 2.25. The molecular weight excluding hydrogens is 432 g/mol. The Labute approximate surface area is 186 Å². The summed E-state index contributed by atoms with van der Waals surface area (Å²) in [6.07, 6.45) is 3.81. The monoisotopic (exact) mass is 456 g/mol. The summed E-state index contributed by atoms with van der Waals surface area (Å²) in [6, 6.07) is 12.9. The van der Waals surface area contributed by atoms with Gasteiger partial charge in [0.25, 0.3) is 5.91 Å². The molecule has 0 radical (unpaired) electrons. The number of aromatic nitrogens is 2. The van der Waals surface area contributed by atoms with Crippen LogP contribution in [0.5, 0.6) is 5.75 Å². The van der Waals surface area contributed by atoms with Gasteiger partial charge < -0.3 is 9.15 Å². The van der Waals surface area contributed by atoms with E-state index >= 15 is 0 Å². The maximum Gasteiger partial charge on any atom is 0.322 e. The molecule has 1 amide bonds. The van der Waals surface area contributed by atoms with Gasteiger partial charge in [0, 0.05) is 24.2 Å². The normalized spacial score (nSPS) is 15.2. The van der Waals surface area contributed by atoms with Crippen LogP contribution in [0.2, 0.25) is 0 Å². The zero-order valence-corrected chi connectivity index (χ0v) is 18.5. The number of nitrogens with zero attached hydrogens (tertiary/aromatic N) is 3. The van der Waals surface area contributed by atoms with Gasteiger partial charge in [0.2, 0.25) is 15.9 Å². The summed E-state index contributed by atoms with van der Waals surface area (Å²) in [6.45, 7) is 1.05. The Hall–Kier alpha value is -3.24. The van der Waals surface area contributed by atoms with Crippen molar-refractivity contribution in [3.63, 3.8) is 0 Å². The maximum atomic E-state index is 12.9. The molecule has 9 nitrogen and oxygen atoms in total. The summed E-state index contributed by atoms with van der Waals surface area (Å²) < 4.78 is 38.0. The molecule has 0 spiro atoms. The summed E-state index contributed by atoms with van der Waals surface area (Å²) >= 11 is 0. The summed E-state index contributed by atoms with van der Waals surface area (Å²) in [5.41, 5.74) is 0.932. The van der Waals surface area contributed by atoms with E-state index in [2.05, 4.69) is 15.5 Å². The van der Waals surface area contributed by atoms with Crippen molar-refractivity contribution in [3.05, 3.63) is 54.1 Å². The third-order valence-corrected chi connectivity index (χ3v) is 7.19. The lowest BCUT2D eigenvalue weighted by Crippen LogP contribution is -2.31. The van der Waals surface area contributed by atoms with Crippen LogP contribution in [0.4, 0.5) is 6.01 Å². The number of ether oxygens (including phenoxy) is 1. The minimum atomic E-state index is -3.57. The van der Waals surface area contributed by atoms with Crippen LogP contribution in [0.25, 0.3) is 11.5 Å². The van der Waals surface area contributed by atoms with Crippen LogP contribution in [0.1, 0.15) is 36.0 Å². The largest absolute Gasteiger partial charge is 0.497 e. The van der Waals surface area contributed by atoms with Gasteiger partial charge >= 0.3 is 6.01 Å². The van der Waals surface area contributed by atoms with Gasteiger partial charge in [-0.05, 0) is 55.3 Å². The molecular formula is C22H24N4O5S. The van der Waals surface area contributed by atoms with Crippen molar-refractivity contribution in [2.24, 2.45) is 0 Å². The first kappa shape index (κ1) is 22.0. The Bertz CT molecular complexity index is 1180. The van der Waals surface area contributed by atoms with Crippen molar-refractivity contribution in [3.8, 4) is 17.2 Å². The molecule has 168 valence electrons. The highest BCUT2D eigenvalue weighted by Crippen LogP contribution is 2.24. The number of amides is 1. The highest BCUT2D eigenvalue weighted by molar-refractivity contribution is 7.89. The summed E-state index contributed by atoms with van der Waals surface area (Å²) in [5.74, 6) is 0.393. The minimum absolute atomic E-state index is 0.0610. The van der Waals surface area contributed by atoms with Gasteiger partial charge in [-0.15, -0.1) is 5.10 Å². The molecule has 1 aromatic heterocycles. The third-order valence-electron chi connectivity index (χ3n) is 5.28. The number of nitrogens with one attached hydrogen (secondary N) is 1. The van der Waals surface area contributed by atoms with Crippen molar-refractivity contribution in [2.45, 2.75) is 30.6 Å². The topological polar surface area (TPSA) is 115 Å². The zero-order chi connectivity index (χ0) is 22.6. The molecule has 0 bridgehead atoms. The minimum Gasteiger partial charge on any atom is -0.497 e. The van der Waals surface area contributed by atoms with Crippen LogP contribution in [0, 0.1) is 0 Å². The smallest absolute Gasteiger partial charge is 0.322 e. The van der Waals surface area contributed by atoms with Crippen LogP contribution in [-0.2, 0) is 10.0 Å².